The molecule has 0 atom stereocenters. The van der Waals surface area contributed by atoms with Crippen LogP contribution in [0.25, 0.3) is 0 Å². The summed E-state index contributed by atoms with van der Waals surface area (Å²) >= 11 is 5.61. The Morgan fingerprint density at radius 1 is 1.50 bits per heavy atom. The zero-order chi connectivity index (χ0) is 12.1. The first-order valence-corrected chi connectivity index (χ1v) is 5.05. The maximum absolute atomic E-state index is 12.5. The van der Waals surface area contributed by atoms with Crippen molar-refractivity contribution < 1.29 is 18.3 Å². The highest BCUT2D eigenvalue weighted by Crippen LogP contribution is 2.28. The second-order valence-corrected chi connectivity index (χ2v) is 3.64. The van der Waals surface area contributed by atoms with Crippen LogP contribution in [0.15, 0.2) is 18.2 Å². The molecule has 0 amide bonds. The van der Waals surface area contributed by atoms with Crippen LogP contribution in [0.1, 0.15) is 24.0 Å². The van der Waals surface area contributed by atoms with Crippen LogP contribution < -0.4 is 0 Å². The molecule has 0 saturated heterocycles. The number of benzene rings is 1. The summed E-state index contributed by atoms with van der Waals surface area (Å²) in [5.41, 5.74) is 0.439. The topological polar surface area (TPSA) is 26.3 Å². The fraction of sp³-hybridized carbons (Fsp3) is 0.364. The van der Waals surface area contributed by atoms with E-state index in [4.69, 9.17) is 11.6 Å². The van der Waals surface area contributed by atoms with Gasteiger partial charge in [-0.25, -0.2) is 8.78 Å². The molecule has 0 radical (unpaired) electrons. The summed E-state index contributed by atoms with van der Waals surface area (Å²) in [6, 6.07) is 4.35. The predicted octanol–water partition coefficient (Wildman–Crippen LogP) is 3.38. The third-order valence-corrected chi connectivity index (χ3v) is 2.49. The largest absolute Gasteiger partial charge is 0.469 e. The number of carbonyl (C=O) groups excluding carboxylic acids is 1. The summed E-state index contributed by atoms with van der Waals surface area (Å²) < 4.78 is 29.5. The van der Waals surface area contributed by atoms with Gasteiger partial charge in [-0.15, -0.1) is 0 Å². The molecule has 1 aromatic rings. The van der Waals surface area contributed by atoms with Crippen LogP contribution in [0.4, 0.5) is 8.78 Å². The molecule has 0 aliphatic heterocycles. The van der Waals surface area contributed by atoms with Crippen molar-refractivity contribution in [2.24, 2.45) is 0 Å². The summed E-state index contributed by atoms with van der Waals surface area (Å²) in [5.74, 6) is -0.367. The molecule has 0 aliphatic carbocycles. The van der Waals surface area contributed by atoms with Gasteiger partial charge in [0.2, 0.25) is 0 Å². The molecule has 0 unspecified atom stereocenters. The van der Waals surface area contributed by atoms with E-state index in [0.29, 0.717) is 12.0 Å². The molecule has 0 fully saturated rings. The molecule has 88 valence electrons. The second-order valence-electron chi connectivity index (χ2n) is 3.23. The van der Waals surface area contributed by atoms with Crippen molar-refractivity contribution in [3.8, 4) is 0 Å². The highest BCUT2D eigenvalue weighted by molar-refractivity contribution is 6.31. The molecule has 1 aromatic carbocycles. The minimum absolute atomic E-state index is 0.0387. The van der Waals surface area contributed by atoms with Crippen molar-refractivity contribution in [3.05, 3.63) is 34.3 Å². The van der Waals surface area contributed by atoms with Crippen LogP contribution in [0, 0.1) is 0 Å². The van der Waals surface area contributed by atoms with Crippen LogP contribution in [-0.2, 0) is 16.0 Å². The van der Waals surface area contributed by atoms with Gasteiger partial charge in [0.1, 0.15) is 0 Å². The Labute approximate surface area is 97.2 Å². The minimum atomic E-state index is -2.61. The SMILES string of the molecule is COC(=O)CCc1ccc(Cl)c(C(F)F)c1. The molecule has 5 heteroatoms. The number of ether oxygens (including phenoxy) is 1. The second kappa shape index (κ2) is 5.80. The Balaban J connectivity index is 2.75. The molecule has 0 aliphatic rings. The molecule has 1 rings (SSSR count). The van der Waals surface area contributed by atoms with Crippen LogP contribution in [-0.4, -0.2) is 13.1 Å². The van der Waals surface area contributed by atoms with Crippen LogP contribution >= 0.6 is 11.6 Å². The van der Waals surface area contributed by atoms with Gasteiger partial charge in [0.15, 0.2) is 0 Å². The van der Waals surface area contributed by atoms with Gasteiger partial charge in [0, 0.05) is 17.0 Å². The molecule has 16 heavy (non-hydrogen) atoms. The minimum Gasteiger partial charge on any atom is -0.469 e. The summed E-state index contributed by atoms with van der Waals surface area (Å²) in [7, 11) is 1.29. The van der Waals surface area contributed by atoms with Crippen molar-refractivity contribution in [2.75, 3.05) is 7.11 Å². The molecular formula is C11H11ClF2O2. The Kier molecular flexibility index (Phi) is 4.68. The number of methoxy groups -OCH3 is 1. The maximum atomic E-state index is 12.5. The summed E-state index contributed by atoms with van der Waals surface area (Å²) in [4.78, 5) is 10.9. The van der Waals surface area contributed by atoms with Crippen molar-refractivity contribution in [1.29, 1.82) is 0 Å². The average molecular weight is 249 g/mol. The lowest BCUT2D eigenvalue weighted by Crippen LogP contribution is -2.02. The number of alkyl halides is 2. The number of halogens is 3. The molecule has 0 heterocycles. The normalized spacial score (nSPS) is 10.6. The van der Waals surface area contributed by atoms with Gasteiger partial charge in [0.25, 0.3) is 6.43 Å². The predicted molar refractivity (Wildman–Crippen MR) is 56.7 cm³/mol. The first-order valence-electron chi connectivity index (χ1n) is 4.68. The van der Waals surface area contributed by atoms with Crippen molar-refractivity contribution in [2.45, 2.75) is 19.3 Å². The molecule has 0 spiro atoms. The van der Waals surface area contributed by atoms with Gasteiger partial charge in [-0.1, -0.05) is 17.7 Å². The summed E-state index contributed by atoms with van der Waals surface area (Å²) in [6.45, 7) is 0. The molecule has 0 saturated carbocycles. The van der Waals surface area contributed by atoms with Crippen molar-refractivity contribution in [1.82, 2.24) is 0 Å². The quantitative estimate of drug-likeness (QED) is 0.764. The first-order chi connectivity index (χ1) is 7.54. The number of aryl methyl sites for hydroxylation is 1. The Morgan fingerprint density at radius 2 is 2.19 bits per heavy atom. The first kappa shape index (κ1) is 12.9. The Bertz CT molecular complexity index is 380. The lowest BCUT2D eigenvalue weighted by atomic mass is 10.1. The third-order valence-electron chi connectivity index (χ3n) is 2.14. The lowest BCUT2D eigenvalue weighted by Gasteiger charge is -2.06. The molecule has 0 aromatic heterocycles. The van der Waals surface area contributed by atoms with Gasteiger partial charge < -0.3 is 4.74 Å². The van der Waals surface area contributed by atoms with E-state index in [1.807, 2.05) is 0 Å². The van der Waals surface area contributed by atoms with Gasteiger partial charge in [0.05, 0.1) is 7.11 Å². The highest BCUT2D eigenvalue weighted by Gasteiger charge is 2.12. The van der Waals surface area contributed by atoms with Crippen LogP contribution in [0.2, 0.25) is 5.02 Å². The molecule has 0 N–H and O–H groups in total. The summed E-state index contributed by atoms with van der Waals surface area (Å²) in [5, 5.41) is 0.0387. The number of hydrogen-bond donors (Lipinski definition) is 0. The Hall–Kier alpha value is -1.16. The van der Waals surface area contributed by atoms with E-state index in [1.54, 1.807) is 6.07 Å². The van der Waals surface area contributed by atoms with E-state index in [0.717, 1.165) is 0 Å². The molecule has 2 nitrogen and oxygen atoms in total. The highest BCUT2D eigenvalue weighted by atomic mass is 35.5. The summed E-state index contributed by atoms with van der Waals surface area (Å²) in [6.07, 6.45) is -2.07. The van der Waals surface area contributed by atoms with Gasteiger partial charge in [-0.05, 0) is 24.1 Å². The van der Waals surface area contributed by atoms with Crippen molar-refractivity contribution >= 4 is 17.6 Å². The smallest absolute Gasteiger partial charge is 0.305 e. The number of hydrogen-bond acceptors (Lipinski definition) is 2. The monoisotopic (exact) mass is 248 g/mol. The van der Waals surface area contributed by atoms with Crippen molar-refractivity contribution in [3.63, 3.8) is 0 Å². The van der Waals surface area contributed by atoms with E-state index in [1.165, 1.54) is 19.2 Å². The van der Waals surface area contributed by atoms with Gasteiger partial charge in [-0.3, -0.25) is 4.79 Å². The van der Waals surface area contributed by atoms with E-state index in [9.17, 15) is 13.6 Å². The lowest BCUT2D eigenvalue weighted by molar-refractivity contribution is -0.140. The fourth-order valence-corrected chi connectivity index (χ4v) is 1.46. The van der Waals surface area contributed by atoms with E-state index >= 15 is 0 Å². The molecule has 0 bridgehead atoms. The molecular weight excluding hydrogens is 238 g/mol. The van der Waals surface area contributed by atoms with E-state index in [2.05, 4.69) is 4.74 Å². The van der Waals surface area contributed by atoms with Crippen LogP contribution in [0.5, 0.6) is 0 Å². The fourth-order valence-electron chi connectivity index (χ4n) is 1.26. The number of rotatable bonds is 4. The number of esters is 1. The Morgan fingerprint density at radius 3 is 2.75 bits per heavy atom. The van der Waals surface area contributed by atoms with Crippen LogP contribution in [0.3, 0.4) is 0 Å². The average Bonchev–Trinajstić information content (AvgIpc) is 2.27. The van der Waals surface area contributed by atoms with E-state index < -0.39 is 6.43 Å². The van der Waals surface area contributed by atoms with Gasteiger partial charge >= 0.3 is 5.97 Å². The maximum Gasteiger partial charge on any atom is 0.305 e. The zero-order valence-electron chi connectivity index (χ0n) is 8.67. The number of carbonyl (C=O) groups is 1. The third kappa shape index (κ3) is 3.45. The van der Waals surface area contributed by atoms with Gasteiger partial charge in [-0.2, -0.15) is 0 Å². The van der Waals surface area contributed by atoms with E-state index in [-0.39, 0.29) is 23.0 Å². The standard InChI is InChI=1S/C11H11ClF2O2/c1-16-10(15)5-3-7-2-4-9(12)8(6-7)11(13)14/h2,4,6,11H,3,5H2,1H3. The zero-order valence-corrected chi connectivity index (χ0v) is 9.43.